The van der Waals surface area contributed by atoms with Crippen molar-refractivity contribution in [3.05, 3.63) is 84.5 Å². The van der Waals surface area contributed by atoms with Gasteiger partial charge in [-0.2, -0.15) is 0 Å². The smallest absolute Gasteiger partial charge is 0.338 e. The number of aromatic hydroxyl groups is 1. The maximum atomic E-state index is 13.6. The molecule has 9 heteroatoms. The van der Waals surface area contributed by atoms with E-state index in [2.05, 4.69) is 4.99 Å². The van der Waals surface area contributed by atoms with Crippen molar-refractivity contribution in [2.75, 3.05) is 20.0 Å². The summed E-state index contributed by atoms with van der Waals surface area (Å²) in [7, 11) is 1.47. The van der Waals surface area contributed by atoms with Crippen LogP contribution in [0.5, 0.6) is 11.5 Å². The number of esters is 1. The summed E-state index contributed by atoms with van der Waals surface area (Å²) in [6.45, 7) is 3.73. The zero-order chi connectivity index (χ0) is 24.4. The molecule has 3 aromatic rings. The minimum atomic E-state index is -0.655. The summed E-state index contributed by atoms with van der Waals surface area (Å²) in [4.78, 5) is 32.7. The van der Waals surface area contributed by atoms with Gasteiger partial charge in [0.1, 0.15) is 0 Å². The van der Waals surface area contributed by atoms with Crippen LogP contribution in [0.1, 0.15) is 31.0 Å². The average molecular weight is 497 g/mol. The summed E-state index contributed by atoms with van der Waals surface area (Å²) in [6, 6.07) is 12.0. The second-order valence-electron chi connectivity index (χ2n) is 7.51. The van der Waals surface area contributed by atoms with Gasteiger partial charge in [0.15, 0.2) is 16.3 Å². The number of fused-ring (bicyclic) bond motifs is 1. The van der Waals surface area contributed by atoms with E-state index in [9.17, 15) is 14.7 Å². The average Bonchev–Trinajstić information content (AvgIpc) is 3.12. The first kappa shape index (κ1) is 23.8. The summed E-state index contributed by atoms with van der Waals surface area (Å²) in [5, 5.41) is 10.1. The van der Waals surface area contributed by atoms with Crippen molar-refractivity contribution in [3.63, 3.8) is 0 Å². The number of ether oxygens (including phenoxy) is 2. The molecule has 0 fully saturated rings. The number of aromatic nitrogens is 1. The lowest BCUT2D eigenvalue weighted by molar-refractivity contribution is -0.139. The zero-order valence-electron chi connectivity index (χ0n) is 19.2. The van der Waals surface area contributed by atoms with E-state index >= 15 is 0 Å². The highest BCUT2D eigenvalue weighted by molar-refractivity contribution is 7.98. The van der Waals surface area contributed by atoms with Crippen molar-refractivity contribution in [3.8, 4) is 11.5 Å². The van der Waals surface area contributed by atoms with Crippen molar-refractivity contribution < 1.29 is 19.4 Å². The third-order valence-electron chi connectivity index (χ3n) is 5.45. The Morgan fingerprint density at radius 2 is 2.00 bits per heavy atom. The van der Waals surface area contributed by atoms with E-state index in [0.29, 0.717) is 31.9 Å². The molecule has 1 aliphatic rings. The molecule has 0 saturated heterocycles. The van der Waals surface area contributed by atoms with Gasteiger partial charge >= 0.3 is 5.97 Å². The monoisotopic (exact) mass is 496 g/mol. The van der Waals surface area contributed by atoms with Crippen LogP contribution >= 0.6 is 23.1 Å². The van der Waals surface area contributed by atoms with Crippen LogP contribution < -0.4 is 19.6 Å². The molecule has 0 radical (unpaired) electrons. The van der Waals surface area contributed by atoms with Gasteiger partial charge in [-0.15, -0.1) is 11.8 Å². The highest BCUT2D eigenvalue weighted by Gasteiger charge is 2.33. The number of hydrogen-bond donors (Lipinski definition) is 1. The second kappa shape index (κ2) is 9.90. The number of nitrogens with zero attached hydrogens (tertiary/aromatic N) is 2. The van der Waals surface area contributed by atoms with Gasteiger partial charge in [-0.3, -0.25) is 9.36 Å². The third kappa shape index (κ3) is 4.41. The van der Waals surface area contributed by atoms with Gasteiger partial charge in [-0.05, 0) is 61.6 Å². The molecule has 1 N–H and O–H groups in total. The number of hydrogen-bond acceptors (Lipinski definition) is 8. The summed E-state index contributed by atoms with van der Waals surface area (Å²) in [5.74, 6) is -0.157. The Balaban J connectivity index is 1.92. The number of carbonyl (C=O) groups is 1. The second-order valence-corrected chi connectivity index (χ2v) is 9.40. The van der Waals surface area contributed by atoms with E-state index in [-0.39, 0.29) is 17.9 Å². The number of thiazole rings is 1. The number of phenols is 1. The molecular formula is C25H24N2O5S2. The predicted molar refractivity (Wildman–Crippen MR) is 133 cm³/mol. The Kier molecular flexibility index (Phi) is 6.95. The molecule has 2 aromatic carbocycles. The van der Waals surface area contributed by atoms with Crippen LogP contribution in [-0.4, -0.2) is 35.6 Å². The van der Waals surface area contributed by atoms with Gasteiger partial charge in [-0.1, -0.05) is 29.5 Å². The molecule has 0 aliphatic carbocycles. The molecule has 0 spiro atoms. The van der Waals surface area contributed by atoms with Gasteiger partial charge < -0.3 is 14.6 Å². The lowest BCUT2D eigenvalue weighted by Crippen LogP contribution is -2.39. The van der Waals surface area contributed by atoms with E-state index in [0.717, 1.165) is 10.5 Å². The van der Waals surface area contributed by atoms with E-state index < -0.39 is 12.0 Å². The molecule has 1 atom stereocenters. The van der Waals surface area contributed by atoms with Gasteiger partial charge in [0.2, 0.25) is 0 Å². The standard InChI is InChI=1S/C25H24N2O5S2/c1-5-32-24(30)21-14(2)26-25-27(22(21)16-7-9-17(33-4)10-8-16)23(29)20(34-25)13-15-6-11-19(31-3)18(28)12-15/h6-13,22,28H,5H2,1-4H3. The molecular weight excluding hydrogens is 472 g/mol. The number of rotatable bonds is 6. The molecule has 7 nitrogen and oxygen atoms in total. The molecule has 34 heavy (non-hydrogen) atoms. The van der Waals surface area contributed by atoms with Crippen LogP contribution in [0.15, 0.2) is 68.4 Å². The minimum absolute atomic E-state index is 0.0174. The molecule has 1 unspecified atom stereocenters. The quantitative estimate of drug-likeness (QED) is 0.416. The van der Waals surface area contributed by atoms with E-state index in [1.807, 2.05) is 30.5 Å². The fourth-order valence-corrected chi connectivity index (χ4v) is 5.30. The van der Waals surface area contributed by atoms with Gasteiger partial charge in [0, 0.05) is 4.90 Å². The lowest BCUT2D eigenvalue weighted by atomic mass is 9.96. The van der Waals surface area contributed by atoms with Crippen LogP contribution in [0.4, 0.5) is 0 Å². The summed E-state index contributed by atoms with van der Waals surface area (Å²) < 4.78 is 12.4. The van der Waals surface area contributed by atoms with Crippen LogP contribution in [0.3, 0.4) is 0 Å². The fraction of sp³-hybridized carbons (Fsp3) is 0.240. The summed E-state index contributed by atoms with van der Waals surface area (Å²) in [6.07, 6.45) is 3.68. The van der Waals surface area contributed by atoms with E-state index in [4.69, 9.17) is 9.47 Å². The first-order chi connectivity index (χ1) is 16.4. The first-order valence-corrected chi connectivity index (χ1v) is 12.6. The normalized spacial score (nSPS) is 15.6. The molecule has 176 valence electrons. The van der Waals surface area contributed by atoms with Crippen LogP contribution in [0, 0.1) is 0 Å². The maximum absolute atomic E-state index is 13.6. The third-order valence-corrected chi connectivity index (χ3v) is 7.18. The van der Waals surface area contributed by atoms with Gasteiger partial charge in [0.05, 0.1) is 35.6 Å². The minimum Gasteiger partial charge on any atom is -0.504 e. The van der Waals surface area contributed by atoms with E-state index in [1.54, 1.807) is 48.4 Å². The number of phenolic OH excluding ortho intramolecular Hbond substituents is 1. The zero-order valence-corrected chi connectivity index (χ0v) is 20.8. The Morgan fingerprint density at radius 1 is 1.26 bits per heavy atom. The first-order valence-electron chi connectivity index (χ1n) is 10.6. The highest BCUT2D eigenvalue weighted by Crippen LogP contribution is 2.32. The SMILES string of the molecule is CCOC(=O)C1=C(C)N=c2sc(=Cc3ccc(OC)c(O)c3)c(=O)n2C1c1ccc(SC)cc1. The van der Waals surface area contributed by atoms with E-state index in [1.165, 1.54) is 24.5 Å². The molecule has 2 heterocycles. The topological polar surface area (TPSA) is 90.1 Å². The highest BCUT2D eigenvalue weighted by atomic mass is 32.2. The molecule has 1 aliphatic heterocycles. The molecule has 0 amide bonds. The lowest BCUT2D eigenvalue weighted by Gasteiger charge is -2.24. The number of carbonyl (C=O) groups excluding carboxylic acids is 1. The van der Waals surface area contributed by atoms with Crippen LogP contribution in [0.2, 0.25) is 0 Å². The number of allylic oxidation sites excluding steroid dienone is 1. The summed E-state index contributed by atoms with van der Waals surface area (Å²) >= 11 is 2.85. The largest absolute Gasteiger partial charge is 0.504 e. The van der Waals surface area contributed by atoms with Crippen molar-refractivity contribution in [1.29, 1.82) is 0 Å². The van der Waals surface area contributed by atoms with Gasteiger partial charge in [0.25, 0.3) is 5.56 Å². The molecule has 0 saturated carbocycles. The van der Waals surface area contributed by atoms with Crippen molar-refractivity contribution in [1.82, 2.24) is 4.57 Å². The Bertz CT molecular complexity index is 1450. The predicted octanol–water partition coefficient (Wildman–Crippen LogP) is 3.23. The van der Waals surface area contributed by atoms with Crippen LogP contribution in [-0.2, 0) is 9.53 Å². The number of benzene rings is 2. The van der Waals surface area contributed by atoms with Gasteiger partial charge in [-0.25, -0.2) is 9.79 Å². The molecule has 0 bridgehead atoms. The number of thioether (sulfide) groups is 1. The Hall–Kier alpha value is -3.30. The van der Waals surface area contributed by atoms with Crippen molar-refractivity contribution in [2.45, 2.75) is 24.8 Å². The molecule has 4 rings (SSSR count). The number of methoxy groups -OCH3 is 1. The Labute approximate surface area is 204 Å². The summed E-state index contributed by atoms with van der Waals surface area (Å²) in [5.41, 5.74) is 2.04. The van der Waals surface area contributed by atoms with Crippen molar-refractivity contribution >= 4 is 35.1 Å². The van der Waals surface area contributed by atoms with Crippen molar-refractivity contribution in [2.24, 2.45) is 4.99 Å². The fourth-order valence-electron chi connectivity index (χ4n) is 3.84. The Morgan fingerprint density at radius 3 is 2.62 bits per heavy atom. The maximum Gasteiger partial charge on any atom is 0.338 e. The molecule has 1 aromatic heterocycles. The van der Waals surface area contributed by atoms with Crippen LogP contribution in [0.25, 0.3) is 6.08 Å².